The van der Waals surface area contributed by atoms with Crippen LogP contribution in [-0.2, 0) is 6.54 Å². The molecular formula is C16H18BrN3O. The highest BCUT2D eigenvalue weighted by Crippen LogP contribution is 2.18. The van der Waals surface area contributed by atoms with Gasteiger partial charge in [-0.05, 0) is 36.2 Å². The van der Waals surface area contributed by atoms with E-state index in [4.69, 9.17) is 10.9 Å². The molecule has 0 spiro atoms. The fourth-order valence-electron chi connectivity index (χ4n) is 2.06. The van der Waals surface area contributed by atoms with Gasteiger partial charge in [-0.1, -0.05) is 51.4 Å². The number of nitrogens with two attached hydrogens (primary N) is 1. The summed E-state index contributed by atoms with van der Waals surface area (Å²) in [6, 6.07) is 16.1. The second-order valence-electron chi connectivity index (χ2n) is 4.84. The van der Waals surface area contributed by atoms with E-state index in [2.05, 4.69) is 45.5 Å². The van der Waals surface area contributed by atoms with Crippen molar-refractivity contribution in [3.05, 3.63) is 69.7 Å². The lowest BCUT2D eigenvalue weighted by molar-refractivity contribution is 0.318. The number of oxime groups is 1. The summed E-state index contributed by atoms with van der Waals surface area (Å²) >= 11 is 3.48. The zero-order valence-electron chi connectivity index (χ0n) is 11.8. The summed E-state index contributed by atoms with van der Waals surface area (Å²) in [7, 11) is 0. The quantitative estimate of drug-likeness (QED) is 0.336. The predicted molar refractivity (Wildman–Crippen MR) is 88.3 cm³/mol. The molecule has 0 fully saturated rings. The van der Waals surface area contributed by atoms with Crippen LogP contribution in [0.15, 0.2) is 58.2 Å². The first-order chi connectivity index (χ1) is 10.1. The molecule has 0 radical (unpaired) electrons. The number of benzene rings is 2. The van der Waals surface area contributed by atoms with E-state index in [1.54, 1.807) is 0 Å². The van der Waals surface area contributed by atoms with Crippen LogP contribution in [0.4, 0.5) is 0 Å². The second kappa shape index (κ2) is 7.24. The van der Waals surface area contributed by atoms with Crippen LogP contribution in [-0.4, -0.2) is 11.0 Å². The molecule has 5 heteroatoms. The smallest absolute Gasteiger partial charge is 0.170 e. The van der Waals surface area contributed by atoms with E-state index in [0.717, 1.165) is 10.0 Å². The van der Waals surface area contributed by atoms with Crippen LogP contribution < -0.4 is 11.1 Å². The van der Waals surface area contributed by atoms with Crippen molar-refractivity contribution in [3.8, 4) is 0 Å². The van der Waals surface area contributed by atoms with E-state index in [-0.39, 0.29) is 11.9 Å². The predicted octanol–water partition coefficient (Wildman–Crippen LogP) is 3.39. The number of hydrogen-bond acceptors (Lipinski definition) is 3. The minimum atomic E-state index is 0.122. The van der Waals surface area contributed by atoms with Gasteiger partial charge in [0.15, 0.2) is 5.84 Å². The third-order valence-electron chi connectivity index (χ3n) is 3.29. The number of halogens is 1. The molecule has 110 valence electrons. The average Bonchev–Trinajstić information content (AvgIpc) is 2.52. The lowest BCUT2D eigenvalue weighted by Gasteiger charge is -2.15. The molecule has 0 saturated heterocycles. The van der Waals surface area contributed by atoms with Crippen LogP contribution in [0.3, 0.4) is 0 Å². The maximum Gasteiger partial charge on any atom is 0.170 e. The molecule has 0 heterocycles. The monoisotopic (exact) mass is 347 g/mol. The van der Waals surface area contributed by atoms with Crippen molar-refractivity contribution in [2.45, 2.75) is 19.5 Å². The summed E-state index contributed by atoms with van der Waals surface area (Å²) in [4.78, 5) is 0. The van der Waals surface area contributed by atoms with Crippen LogP contribution in [0.1, 0.15) is 29.7 Å². The van der Waals surface area contributed by atoms with E-state index < -0.39 is 0 Å². The van der Waals surface area contributed by atoms with Gasteiger partial charge in [0, 0.05) is 22.6 Å². The molecule has 2 rings (SSSR count). The van der Waals surface area contributed by atoms with Crippen molar-refractivity contribution < 1.29 is 5.21 Å². The minimum Gasteiger partial charge on any atom is -0.409 e. The van der Waals surface area contributed by atoms with Gasteiger partial charge >= 0.3 is 0 Å². The lowest BCUT2D eigenvalue weighted by Crippen LogP contribution is -2.19. The summed E-state index contributed by atoms with van der Waals surface area (Å²) in [6.45, 7) is 2.83. The summed E-state index contributed by atoms with van der Waals surface area (Å²) in [5.41, 5.74) is 8.62. The highest BCUT2D eigenvalue weighted by atomic mass is 79.9. The number of nitrogens with one attached hydrogen (secondary N) is 1. The molecule has 0 aliphatic carbocycles. The zero-order valence-corrected chi connectivity index (χ0v) is 13.3. The molecule has 0 unspecified atom stereocenters. The first-order valence-electron chi connectivity index (χ1n) is 6.66. The van der Waals surface area contributed by atoms with Crippen molar-refractivity contribution in [2.24, 2.45) is 10.9 Å². The third-order valence-corrected chi connectivity index (χ3v) is 3.78. The van der Waals surface area contributed by atoms with Crippen LogP contribution in [0.2, 0.25) is 0 Å². The molecule has 4 nitrogen and oxygen atoms in total. The average molecular weight is 348 g/mol. The van der Waals surface area contributed by atoms with E-state index in [0.29, 0.717) is 12.1 Å². The molecule has 2 aromatic carbocycles. The Morgan fingerprint density at radius 2 is 2.05 bits per heavy atom. The van der Waals surface area contributed by atoms with E-state index >= 15 is 0 Å². The Morgan fingerprint density at radius 1 is 1.29 bits per heavy atom. The van der Waals surface area contributed by atoms with Gasteiger partial charge in [-0.15, -0.1) is 0 Å². The van der Waals surface area contributed by atoms with Gasteiger partial charge in [-0.2, -0.15) is 0 Å². The van der Waals surface area contributed by atoms with Crippen molar-refractivity contribution in [2.75, 3.05) is 0 Å². The normalized spacial score (nSPS) is 13.1. The van der Waals surface area contributed by atoms with Gasteiger partial charge in [0.25, 0.3) is 0 Å². The number of hydrogen-bond donors (Lipinski definition) is 3. The number of amidine groups is 1. The fraction of sp³-hybridized carbons (Fsp3) is 0.188. The lowest BCUT2D eigenvalue weighted by atomic mass is 10.1. The Labute approximate surface area is 132 Å². The molecule has 0 saturated carbocycles. The molecule has 4 N–H and O–H groups in total. The standard InChI is InChI=1S/C16H18BrN3O/c1-11(13-5-3-7-15(17)9-13)19-10-12-4-2-6-14(8-12)16(18)20-21/h2-9,11,19,21H,10H2,1H3,(H2,18,20)/t11-/m0/s1. The summed E-state index contributed by atoms with van der Waals surface area (Å²) in [5, 5.41) is 15.2. The van der Waals surface area contributed by atoms with Crippen molar-refractivity contribution in [1.82, 2.24) is 5.32 Å². The topological polar surface area (TPSA) is 70.6 Å². The molecule has 0 aliphatic rings. The Morgan fingerprint density at radius 3 is 2.76 bits per heavy atom. The van der Waals surface area contributed by atoms with Gasteiger partial charge in [0.1, 0.15) is 0 Å². The summed E-state index contributed by atoms with van der Waals surface area (Å²) in [5.74, 6) is 0.122. The van der Waals surface area contributed by atoms with Gasteiger partial charge in [-0.25, -0.2) is 0 Å². The zero-order chi connectivity index (χ0) is 15.2. The highest BCUT2D eigenvalue weighted by molar-refractivity contribution is 9.10. The Balaban J connectivity index is 2.03. The first-order valence-corrected chi connectivity index (χ1v) is 7.45. The van der Waals surface area contributed by atoms with Gasteiger partial charge in [0.2, 0.25) is 0 Å². The molecule has 0 amide bonds. The Kier molecular flexibility index (Phi) is 5.36. The Bertz CT molecular complexity index is 643. The van der Waals surface area contributed by atoms with Gasteiger partial charge in [-0.3, -0.25) is 0 Å². The van der Waals surface area contributed by atoms with Gasteiger partial charge < -0.3 is 16.3 Å². The van der Waals surface area contributed by atoms with E-state index in [1.807, 2.05) is 36.4 Å². The fourth-order valence-corrected chi connectivity index (χ4v) is 2.48. The molecule has 1 atom stereocenters. The summed E-state index contributed by atoms with van der Waals surface area (Å²) in [6.07, 6.45) is 0. The van der Waals surface area contributed by atoms with E-state index in [9.17, 15) is 0 Å². The van der Waals surface area contributed by atoms with Crippen LogP contribution >= 0.6 is 15.9 Å². The van der Waals surface area contributed by atoms with Crippen molar-refractivity contribution in [1.29, 1.82) is 0 Å². The molecular weight excluding hydrogens is 330 g/mol. The largest absolute Gasteiger partial charge is 0.409 e. The third kappa shape index (κ3) is 4.31. The maximum atomic E-state index is 8.71. The second-order valence-corrected chi connectivity index (χ2v) is 5.76. The SMILES string of the molecule is C[C@H](NCc1cccc(/C(N)=N/O)c1)c1cccc(Br)c1. The number of nitrogens with zero attached hydrogens (tertiary/aromatic N) is 1. The molecule has 0 aliphatic heterocycles. The van der Waals surface area contributed by atoms with Crippen molar-refractivity contribution in [3.63, 3.8) is 0 Å². The maximum absolute atomic E-state index is 8.71. The van der Waals surface area contributed by atoms with Crippen LogP contribution in [0.25, 0.3) is 0 Å². The molecule has 21 heavy (non-hydrogen) atoms. The highest BCUT2D eigenvalue weighted by Gasteiger charge is 2.06. The molecule has 0 aromatic heterocycles. The van der Waals surface area contributed by atoms with Crippen LogP contribution in [0.5, 0.6) is 0 Å². The molecule has 0 bridgehead atoms. The van der Waals surface area contributed by atoms with E-state index in [1.165, 1.54) is 5.56 Å². The molecule has 2 aromatic rings. The van der Waals surface area contributed by atoms with Crippen molar-refractivity contribution >= 4 is 21.8 Å². The Hall–Kier alpha value is -1.85. The first kappa shape index (κ1) is 15.5. The van der Waals surface area contributed by atoms with Crippen LogP contribution in [0, 0.1) is 0 Å². The minimum absolute atomic E-state index is 0.122. The van der Waals surface area contributed by atoms with Gasteiger partial charge in [0.05, 0.1) is 0 Å². The number of rotatable bonds is 5. The summed E-state index contributed by atoms with van der Waals surface area (Å²) < 4.78 is 1.07.